The van der Waals surface area contributed by atoms with Crippen LogP contribution in [-0.2, 0) is 25.5 Å². The summed E-state index contributed by atoms with van der Waals surface area (Å²) in [6.07, 6.45) is 8.18. The zero-order valence-electron chi connectivity index (χ0n) is 19.7. The third-order valence-corrected chi connectivity index (χ3v) is 5.86. The largest absolute Gasteiger partial charge is 0.462 e. The molecule has 34 heavy (non-hydrogen) atoms. The van der Waals surface area contributed by atoms with Crippen LogP contribution >= 0.6 is 0 Å². The van der Waals surface area contributed by atoms with Gasteiger partial charge in [0.05, 0.1) is 18.6 Å². The van der Waals surface area contributed by atoms with Gasteiger partial charge in [-0.15, -0.1) is 0 Å². The van der Waals surface area contributed by atoms with Gasteiger partial charge >= 0.3 is 11.9 Å². The van der Waals surface area contributed by atoms with Crippen LogP contribution in [0.15, 0.2) is 48.5 Å². The summed E-state index contributed by atoms with van der Waals surface area (Å²) in [6.45, 7) is 3.09. The Labute approximate surface area is 201 Å². The maximum Gasteiger partial charge on any atom is 0.330 e. The topological polar surface area (TPSA) is 114 Å². The SMILES string of the molecule is CCCOC1CCC(C(=O)Oc2ccc(C=CC(=O)OCCc3ccc(N)cc3N)cc2)CC1. The molecule has 1 aliphatic carbocycles. The van der Waals surface area contributed by atoms with Gasteiger partial charge in [-0.25, -0.2) is 4.79 Å². The van der Waals surface area contributed by atoms with E-state index in [0.29, 0.717) is 23.5 Å². The Hall–Kier alpha value is -3.32. The van der Waals surface area contributed by atoms with E-state index >= 15 is 0 Å². The Balaban J connectivity index is 1.39. The number of anilines is 2. The molecule has 1 saturated carbocycles. The van der Waals surface area contributed by atoms with Crippen LogP contribution in [0.5, 0.6) is 5.75 Å². The van der Waals surface area contributed by atoms with E-state index in [9.17, 15) is 9.59 Å². The zero-order valence-corrected chi connectivity index (χ0v) is 19.7. The fraction of sp³-hybridized carbons (Fsp3) is 0.407. The van der Waals surface area contributed by atoms with E-state index in [4.69, 9.17) is 25.7 Å². The quantitative estimate of drug-likeness (QED) is 0.229. The molecule has 2 aromatic carbocycles. The fourth-order valence-electron chi connectivity index (χ4n) is 3.91. The molecule has 7 nitrogen and oxygen atoms in total. The molecule has 0 spiro atoms. The van der Waals surface area contributed by atoms with Crippen molar-refractivity contribution in [3.63, 3.8) is 0 Å². The second kappa shape index (κ2) is 12.8. The lowest BCUT2D eigenvalue weighted by Gasteiger charge is -2.27. The molecule has 0 atom stereocenters. The molecule has 1 fully saturated rings. The van der Waals surface area contributed by atoms with Gasteiger partial charge in [0.2, 0.25) is 0 Å². The van der Waals surface area contributed by atoms with Crippen molar-refractivity contribution >= 4 is 29.4 Å². The monoisotopic (exact) mass is 466 g/mol. The molecule has 0 aliphatic heterocycles. The highest BCUT2D eigenvalue weighted by Gasteiger charge is 2.28. The molecule has 182 valence electrons. The van der Waals surface area contributed by atoms with E-state index in [0.717, 1.165) is 49.8 Å². The minimum atomic E-state index is -0.442. The fourth-order valence-corrected chi connectivity index (χ4v) is 3.91. The number of esters is 2. The van der Waals surface area contributed by atoms with Gasteiger partial charge in [0.1, 0.15) is 5.75 Å². The third-order valence-electron chi connectivity index (χ3n) is 5.86. The molecule has 0 aromatic heterocycles. The molecule has 2 aromatic rings. The maximum absolute atomic E-state index is 12.5. The Morgan fingerprint density at radius 2 is 1.74 bits per heavy atom. The van der Waals surface area contributed by atoms with Crippen LogP contribution in [0.1, 0.15) is 50.2 Å². The summed E-state index contributed by atoms with van der Waals surface area (Å²) >= 11 is 0. The predicted molar refractivity (Wildman–Crippen MR) is 133 cm³/mol. The second-order valence-electron chi connectivity index (χ2n) is 8.54. The van der Waals surface area contributed by atoms with Crippen LogP contribution in [0.25, 0.3) is 6.08 Å². The van der Waals surface area contributed by atoms with Crippen molar-refractivity contribution in [2.24, 2.45) is 5.92 Å². The van der Waals surface area contributed by atoms with Gasteiger partial charge in [0.15, 0.2) is 0 Å². The number of ether oxygens (including phenoxy) is 3. The molecular weight excluding hydrogens is 432 g/mol. The summed E-state index contributed by atoms with van der Waals surface area (Å²) in [7, 11) is 0. The van der Waals surface area contributed by atoms with E-state index in [1.54, 1.807) is 42.5 Å². The zero-order chi connectivity index (χ0) is 24.3. The number of hydrogen-bond acceptors (Lipinski definition) is 7. The van der Waals surface area contributed by atoms with Crippen molar-refractivity contribution in [3.05, 3.63) is 59.7 Å². The summed E-state index contributed by atoms with van der Waals surface area (Å²) in [4.78, 5) is 24.5. The van der Waals surface area contributed by atoms with E-state index in [-0.39, 0.29) is 24.6 Å². The number of carbonyl (C=O) groups excluding carboxylic acids is 2. The standard InChI is InChI=1S/C27H34N2O5/c1-2-16-32-23-12-7-21(8-13-23)27(31)34-24-10-3-19(4-11-24)5-14-26(30)33-17-15-20-6-9-22(28)18-25(20)29/h3-6,9-11,14,18,21,23H,2,7-8,12-13,15-17,28-29H2,1H3. The van der Waals surface area contributed by atoms with E-state index < -0.39 is 5.97 Å². The Kier molecular flexibility index (Phi) is 9.52. The Bertz CT molecular complexity index is 979. The van der Waals surface area contributed by atoms with Crippen LogP contribution in [0.3, 0.4) is 0 Å². The van der Waals surface area contributed by atoms with Gasteiger partial charge in [0.25, 0.3) is 0 Å². The molecular formula is C27H34N2O5. The average Bonchev–Trinajstić information content (AvgIpc) is 2.84. The Morgan fingerprint density at radius 3 is 2.41 bits per heavy atom. The van der Waals surface area contributed by atoms with Crippen LogP contribution < -0.4 is 16.2 Å². The summed E-state index contributed by atoms with van der Waals surface area (Å²) in [5, 5.41) is 0. The normalized spacial score (nSPS) is 18.0. The first-order chi connectivity index (χ1) is 16.4. The smallest absolute Gasteiger partial charge is 0.330 e. The van der Waals surface area contributed by atoms with Crippen molar-refractivity contribution in [3.8, 4) is 5.75 Å². The number of rotatable bonds is 10. The highest BCUT2D eigenvalue weighted by molar-refractivity contribution is 5.87. The second-order valence-corrected chi connectivity index (χ2v) is 8.54. The minimum Gasteiger partial charge on any atom is -0.462 e. The van der Waals surface area contributed by atoms with Crippen molar-refractivity contribution in [2.75, 3.05) is 24.7 Å². The van der Waals surface area contributed by atoms with Crippen LogP contribution in [0, 0.1) is 5.92 Å². The molecule has 0 radical (unpaired) electrons. The van der Waals surface area contributed by atoms with Crippen LogP contribution in [0.2, 0.25) is 0 Å². The lowest BCUT2D eigenvalue weighted by atomic mass is 9.87. The highest BCUT2D eigenvalue weighted by atomic mass is 16.5. The minimum absolute atomic E-state index is 0.0839. The average molecular weight is 467 g/mol. The molecule has 0 amide bonds. The van der Waals surface area contributed by atoms with Crippen molar-refractivity contribution in [2.45, 2.75) is 51.6 Å². The van der Waals surface area contributed by atoms with Gasteiger partial charge in [-0.1, -0.05) is 25.1 Å². The molecule has 3 rings (SSSR count). The van der Waals surface area contributed by atoms with E-state index in [2.05, 4.69) is 6.92 Å². The number of nitrogen functional groups attached to an aromatic ring is 2. The molecule has 1 aliphatic rings. The summed E-state index contributed by atoms with van der Waals surface area (Å²) in [5.41, 5.74) is 14.5. The molecule has 0 heterocycles. The number of carbonyl (C=O) groups is 2. The van der Waals surface area contributed by atoms with Gasteiger partial charge in [-0.2, -0.15) is 0 Å². The first kappa shape index (κ1) is 25.3. The Morgan fingerprint density at radius 1 is 1.00 bits per heavy atom. The van der Waals surface area contributed by atoms with Gasteiger partial charge < -0.3 is 25.7 Å². The predicted octanol–water partition coefficient (Wildman–Crippen LogP) is 4.54. The van der Waals surface area contributed by atoms with Gasteiger partial charge in [-0.3, -0.25) is 4.79 Å². The van der Waals surface area contributed by atoms with Gasteiger partial charge in [0, 0.05) is 30.5 Å². The molecule has 0 unspecified atom stereocenters. The number of benzene rings is 2. The van der Waals surface area contributed by atoms with Crippen molar-refractivity contribution in [1.82, 2.24) is 0 Å². The lowest BCUT2D eigenvalue weighted by Crippen LogP contribution is -2.29. The number of hydrogen-bond donors (Lipinski definition) is 2. The lowest BCUT2D eigenvalue weighted by molar-refractivity contribution is -0.141. The van der Waals surface area contributed by atoms with Crippen LogP contribution in [-0.4, -0.2) is 31.3 Å². The van der Waals surface area contributed by atoms with E-state index in [1.807, 2.05) is 6.07 Å². The first-order valence-corrected chi connectivity index (χ1v) is 11.9. The first-order valence-electron chi connectivity index (χ1n) is 11.9. The molecule has 0 bridgehead atoms. The third kappa shape index (κ3) is 7.92. The summed E-state index contributed by atoms with van der Waals surface area (Å²) in [5.74, 6) is -0.222. The molecule has 7 heteroatoms. The van der Waals surface area contributed by atoms with E-state index in [1.165, 1.54) is 6.08 Å². The van der Waals surface area contributed by atoms with Crippen molar-refractivity contribution in [1.29, 1.82) is 0 Å². The highest BCUT2D eigenvalue weighted by Crippen LogP contribution is 2.28. The summed E-state index contributed by atoms with van der Waals surface area (Å²) in [6, 6.07) is 12.3. The maximum atomic E-state index is 12.5. The van der Waals surface area contributed by atoms with Crippen molar-refractivity contribution < 1.29 is 23.8 Å². The summed E-state index contributed by atoms with van der Waals surface area (Å²) < 4.78 is 16.6. The van der Waals surface area contributed by atoms with Crippen LogP contribution in [0.4, 0.5) is 11.4 Å². The molecule has 4 N–H and O–H groups in total. The van der Waals surface area contributed by atoms with Gasteiger partial charge in [-0.05, 0) is 73.6 Å². The molecule has 0 saturated heterocycles. The number of nitrogens with two attached hydrogens (primary N) is 2.